The van der Waals surface area contributed by atoms with E-state index in [0.717, 1.165) is 16.3 Å². The lowest BCUT2D eigenvalue weighted by Gasteiger charge is -2.22. The third-order valence-corrected chi connectivity index (χ3v) is 5.45. The summed E-state index contributed by atoms with van der Waals surface area (Å²) in [6, 6.07) is 12.5. The van der Waals surface area contributed by atoms with E-state index in [0.29, 0.717) is 31.3 Å². The average molecular weight is 399 g/mol. The molecule has 1 atom stereocenters. The van der Waals surface area contributed by atoms with E-state index in [-0.39, 0.29) is 24.4 Å². The van der Waals surface area contributed by atoms with E-state index >= 15 is 0 Å². The number of para-hydroxylation sites is 1. The Morgan fingerprint density at radius 1 is 1.14 bits per heavy atom. The van der Waals surface area contributed by atoms with Crippen LogP contribution in [0.5, 0.6) is 11.5 Å². The highest BCUT2D eigenvalue weighted by Gasteiger charge is 2.32. The molecule has 0 radical (unpaired) electrons. The Hall–Kier alpha value is -2.87. The molecule has 0 saturated carbocycles. The lowest BCUT2D eigenvalue weighted by Crippen LogP contribution is -2.39. The maximum Gasteiger partial charge on any atom is 0.319 e. The number of carbonyl (C=O) groups is 2. The molecule has 2 aromatic rings. The van der Waals surface area contributed by atoms with Gasteiger partial charge in [0.15, 0.2) is 11.5 Å². The fourth-order valence-electron chi connectivity index (χ4n) is 3.35. The summed E-state index contributed by atoms with van der Waals surface area (Å²) >= 11 is 1.56. The highest BCUT2D eigenvalue weighted by atomic mass is 32.2. The van der Waals surface area contributed by atoms with Gasteiger partial charge < -0.3 is 25.0 Å². The van der Waals surface area contributed by atoms with Crippen molar-refractivity contribution in [2.45, 2.75) is 17.4 Å². The second kappa shape index (κ2) is 8.02. The van der Waals surface area contributed by atoms with Gasteiger partial charge in [-0.15, -0.1) is 11.8 Å². The van der Waals surface area contributed by atoms with Gasteiger partial charge in [-0.05, 0) is 30.5 Å². The normalized spacial score (nSPS) is 18.1. The van der Waals surface area contributed by atoms with Crippen molar-refractivity contribution in [2.75, 3.05) is 36.2 Å². The minimum atomic E-state index is -0.316. The highest BCUT2D eigenvalue weighted by molar-refractivity contribution is 7.98. The molecule has 0 unspecified atom stereocenters. The summed E-state index contributed by atoms with van der Waals surface area (Å²) < 4.78 is 11.1. The molecule has 0 aliphatic carbocycles. The minimum Gasteiger partial charge on any atom is -0.486 e. The van der Waals surface area contributed by atoms with Crippen LogP contribution >= 0.6 is 11.8 Å². The Kier molecular flexibility index (Phi) is 5.29. The molecule has 4 rings (SSSR count). The molecular weight excluding hydrogens is 378 g/mol. The van der Waals surface area contributed by atoms with E-state index in [2.05, 4.69) is 10.6 Å². The SMILES string of the molecule is CSc1ccccc1NC(=O)N[C@@H]1CC(=O)N(c2ccc3c(c2)OCCO3)C1. The van der Waals surface area contributed by atoms with Crippen molar-refractivity contribution in [1.82, 2.24) is 5.32 Å². The quantitative estimate of drug-likeness (QED) is 0.773. The van der Waals surface area contributed by atoms with Gasteiger partial charge in [-0.3, -0.25) is 4.79 Å². The second-order valence-electron chi connectivity index (χ2n) is 6.53. The van der Waals surface area contributed by atoms with Crippen LogP contribution in [0.1, 0.15) is 6.42 Å². The van der Waals surface area contributed by atoms with Crippen molar-refractivity contribution in [3.8, 4) is 11.5 Å². The van der Waals surface area contributed by atoms with E-state index < -0.39 is 0 Å². The van der Waals surface area contributed by atoms with Crippen molar-refractivity contribution in [2.24, 2.45) is 0 Å². The number of anilines is 2. The Morgan fingerprint density at radius 2 is 1.93 bits per heavy atom. The summed E-state index contributed by atoms with van der Waals surface area (Å²) in [5, 5.41) is 5.75. The van der Waals surface area contributed by atoms with Crippen LogP contribution in [0.2, 0.25) is 0 Å². The predicted molar refractivity (Wildman–Crippen MR) is 109 cm³/mol. The molecule has 1 fully saturated rings. The van der Waals surface area contributed by atoms with Gasteiger partial charge in [0.25, 0.3) is 0 Å². The topological polar surface area (TPSA) is 79.9 Å². The summed E-state index contributed by atoms with van der Waals surface area (Å²) in [6.45, 7) is 1.43. The first-order valence-corrected chi connectivity index (χ1v) is 10.3. The fraction of sp³-hybridized carbons (Fsp3) is 0.300. The standard InChI is InChI=1S/C20H21N3O4S/c1-28-18-5-3-2-4-15(18)22-20(25)21-13-10-19(24)23(12-13)14-6-7-16-17(11-14)27-9-8-26-16/h2-7,11,13H,8-10,12H2,1H3,(H2,21,22,25)/t13-/m1/s1. The van der Waals surface area contributed by atoms with Crippen LogP contribution in [0.3, 0.4) is 0 Å². The summed E-state index contributed by atoms with van der Waals surface area (Å²) in [4.78, 5) is 27.5. The van der Waals surface area contributed by atoms with E-state index in [1.807, 2.05) is 48.7 Å². The van der Waals surface area contributed by atoms with Gasteiger partial charge in [-0.25, -0.2) is 4.79 Å². The first-order valence-electron chi connectivity index (χ1n) is 9.04. The molecule has 2 N–H and O–H groups in total. The number of rotatable bonds is 4. The van der Waals surface area contributed by atoms with Crippen LogP contribution in [0, 0.1) is 0 Å². The number of benzene rings is 2. The van der Waals surface area contributed by atoms with Crippen molar-refractivity contribution in [3.63, 3.8) is 0 Å². The molecule has 7 nitrogen and oxygen atoms in total. The summed E-state index contributed by atoms with van der Waals surface area (Å²) in [6.07, 6.45) is 2.21. The van der Waals surface area contributed by atoms with Crippen molar-refractivity contribution >= 4 is 35.1 Å². The molecule has 1 saturated heterocycles. The second-order valence-corrected chi connectivity index (χ2v) is 7.38. The number of nitrogens with zero attached hydrogens (tertiary/aromatic N) is 1. The molecule has 2 aromatic carbocycles. The number of carbonyl (C=O) groups excluding carboxylic acids is 2. The first kappa shape index (κ1) is 18.5. The van der Waals surface area contributed by atoms with Crippen LogP contribution < -0.4 is 25.0 Å². The number of ether oxygens (including phenoxy) is 2. The molecule has 2 aliphatic rings. The first-order chi connectivity index (χ1) is 13.6. The van der Waals surface area contributed by atoms with Crippen LogP contribution in [0.15, 0.2) is 47.4 Å². The molecule has 8 heteroatoms. The molecule has 3 amide bonds. The van der Waals surface area contributed by atoms with Crippen LogP contribution in [0.25, 0.3) is 0 Å². The number of nitrogens with one attached hydrogen (secondary N) is 2. The van der Waals surface area contributed by atoms with Crippen molar-refractivity contribution in [1.29, 1.82) is 0 Å². The average Bonchev–Trinajstić information content (AvgIpc) is 3.07. The van der Waals surface area contributed by atoms with Crippen LogP contribution in [-0.4, -0.2) is 44.0 Å². The molecule has 0 aromatic heterocycles. The number of fused-ring (bicyclic) bond motifs is 1. The summed E-state index contributed by atoms with van der Waals surface area (Å²) in [5.41, 5.74) is 1.49. The van der Waals surface area contributed by atoms with Gasteiger partial charge in [-0.1, -0.05) is 12.1 Å². The maximum absolute atomic E-state index is 12.5. The van der Waals surface area contributed by atoms with Gasteiger partial charge in [-0.2, -0.15) is 0 Å². The van der Waals surface area contributed by atoms with Crippen LogP contribution in [-0.2, 0) is 4.79 Å². The monoisotopic (exact) mass is 399 g/mol. The Balaban J connectivity index is 1.40. The molecule has 2 aliphatic heterocycles. The van der Waals surface area contributed by atoms with Gasteiger partial charge in [0.05, 0.1) is 11.7 Å². The number of thioether (sulfide) groups is 1. The zero-order valence-electron chi connectivity index (χ0n) is 15.4. The lowest BCUT2D eigenvalue weighted by atomic mass is 10.2. The molecule has 0 bridgehead atoms. The van der Waals surface area contributed by atoms with Crippen molar-refractivity contribution in [3.05, 3.63) is 42.5 Å². The predicted octanol–water partition coefficient (Wildman–Crippen LogP) is 3.11. The number of hydrogen-bond acceptors (Lipinski definition) is 5. The molecular formula is C20H21N3O4S. The Bertz CT molecular complexity index is 905. The molecule has 146 valence electrons. The fourth-order valence-corrected chi connectivity index (χ4v) is 3.90. The van der Waals surface area contributed by atoms with Gasteiger partial charge >= 0.3 is 6.03 Å². The number of amides is 3. The maximum atomic E-state index is 12.5. The molecule has 28 heavy (non-hydrogen) atoms. The Labute approximate surface area is 167 Å². The van der Waals surface area contributed by atoms with Gasteiger partial charge in [0.2, 0.25) is 5.91 Å². The Morgan fingerprint density at radius 3 is 2.75 bits per heavy atom. The van der Waals surface area contributed by atoms with Gasteiger partial charge in [0.1, 0.15) is 13.2 Å². The number of hydrogen-bond donors (Lipinski definition) is 2. The van der Waals surface area contributed by atoms with E-state index in [4.69, 9.17) is 9.47 Å². The zero-order valence-corrected chi connectivity index (χ0v) is 16.3. The molecule has 2 heterocycles. The summed E-state index contributed by atoms with van der Waals surface area (Å²) in [7, 11) is 0. The summed E-state index contributed by atoms with van der Waals surface area (Å²) in [5.74, 6) is 1.29. The van der Waals surface area contributed by atoms with Crippen LogP contribution in [0.4, 0.5) is 16.2 Å². The largest absolute Gasteiger partial charge is 0.486 e. The smallest absolute Gasteiger partial charge is 0.319 e. The molecule has 0 spiro atoms. The number of urea groups is 1. The van der Waals surface area contributed by atoms with Gasteiger partial charge in [0, 0.05) is 29.6 Å². The third-order valence-electron chi connectivity index (χ3n) is 4.65. The van der Waals surface area contributed by atoms with Crippen molar-refractivity contribution < 1.29 is 19.1 Å². The van der Waals surface area contributed by atoms with E-state index in [1.54, 1.807) is 16.7 Å². The minimum absolute atomic E-state index is 0.0357. The highest BCUT2D eigenvalue weighted by Crippen LogP contribution is 2.35. The van der Waals surface area contributed by atoms with E-state index in [9.17, 15) is 9.59 Å². The van der Waals surface area contributed by atoms with E-state index in [1.165, 1.54) is 0 Å². The zero-order chi connectivity index (χ0) is 19.5. The lowest BCUT2D eigenvalue weighted by molar-refractivity contribution is -0.117. The third kappa shape index (κ3) is 3.87.